The van der Waals surface area contributed by atoms with Gasteiger partial charge in [0, 0.05) is 11.1 Å². The number of aromatic hydroxyl groups is 1. The first-order valence-electron chi connectivity index (χ1n) is 5.99. The quantitative estimate of drug-likeness (QED) is 0.779. The van der Waals surface area contributed by atoms with E-state index in [0.717, 1.165) is 16.9 Å². The van der Waals surface area contributed by atoms with Gasteiger partial charge in [0.25, 0.3) is 0 Å². The van der Waals surface area contributed by atoms with Gasteiger partial charge in [-0.05, 0) is 23.0 Å². The Morgan fingerprint density at radius 2 is 1.29 bits per heavy atom. The van der Waals surface area contributed by atoms with Crippen molar-refractivity contribution in [2.75, 3.05) is 0 Å². The highest BCUT2D eigenvalue weighted by Gasteiger charge is 2.26. The second kappa shape index (κ2) is 4.37. The van der Waals surface area contributed by atoms with Gasteiger partial charge in [0.15, 0.2) is 0 Å². The van der Waals surface area contributed by atoms with Crippen molar-refractivity contribution in [2.24, 2.45) is 0 Å². The van der Waals surface area contributed by atoms with Crippen LogP contribution in [0.2, 0.25) is 0 Å². The van der Waals surface area contributed by atoms with E-state index in [4.69, 9.17) is 4.43 Å². The average molecular weight is 252 g/mol. The summed E-state index contributed by atoms with van der Waals surface area (Å²) in [5.74, 6) is 1.27. The maximum Gasteiger partial charge on any atom is 0.204 e. The van der Waals surface area contributed by atoms with Gasteiger partial charge in [-0.25, -0.2) is 0 Å². The summed E-state index contributed by atoms with van der Waals surface area (Å²) >= 11 is 0. The fraction of sp³-hybridized carbons (Fsp3) is 0.571. The molecule has 0 spiro atoms. The lowest BCUT2D eigenvalue weighted by Gasteiger charge is -2.28. The number of hydrogen-bond acceptors (Lipinski definition) is 2. The van der Waals surface area contributed by atoms with E-state index in [9.17, 15) is 5.11 Å². The molecule has 0 unspecified atom stereocenters. The molecule has 0 aliphatic carbocycles. The van der Waals surface area contributed by atoms with Gasteiger partial charge in [-0.1, -0.05) is 41.5 Å². The van der Waals surface area contributed by atoms with Crippen LogP contribution >= 0.6 is 0 Å². The lowest BCUT2D eigenvalue weighted by atomic mass is 9.79. The third-order valence-electron chi connectivity index (χ3n) is 2.94. The van der Waals surface area contributed by atoms with Crippen molar-refractivity contribution in [3.05, 3.63) is 23.3 Å². The Morgan fingerprint density at radius 3 is 1.53 bits per heavy atom. The van der Waals surface area contributed by atoms with Gasteiger partial charge in [-0.15, -0.1) is 0 Å². The summed E-state index contributed by atoms with van der Waals surface area (Å²) in [6.07, 6.45) is 0. The molecular formula is C14H24O2Si. The minimum absolute atomic E-state index is 0.0832. The number of rotatable bonds is 1. The summed E-state index contributed by atoms with van der Waals surface area (Å²) in [5.41, 5.74) is 1.74. The summed E-state index contributed by atoms with van der Waals surface area (Å²) in [4.78, 5) is 0. The van der Waals surface area contributed by atoms with Crippen LogP contribution in [0.25, 0.3) is 0 Å². The van der Waals surface area contributed by atoms with E-state index in [2.05, 4.69) is 41.5 Å². The Balaban J connectivity index is 3.53. The van der Waals surface area contributed by atoms with Crippen LogP contribution in [0.3, 0.4) is 0 Å². The Hall–Kier alpha value is -0.963. The maximum atomic E-state index is 10.4. The van der Waals surface area contributed by atoms with Gasteiger partial charge in [0.1, 0.15) is 11.5 Å². The van der Waals surface area contributed by atoms with Crippen LogP contribution < -0.4 is 4.43 Å². The molecule has 1 aromatic carbocycles. The Labute approximate surface area is 108 Å². The second-order valence-corrected chi connectivity index (χ2v) is 6.98. The summed E-state index contributed by atoms with van der Waals surface area (Å²) in [5, 5.41) is 10.4. The molecule has 0 fully saturated rings. The third kappa shape index (κ3) is 3.03. The smallest absolute Gasteiger partial charge is 0.204 e. The first-order valence-corrected chi connectivity index (χ1v) is 6.81. The molecule has 0 amide bonds. The van der Waals surface area contributed by atoms with E-state index in [-0.39, 0.29) is 10.8 Å². The molecule has 0 bridgehead atoms. The van der Waals surface area contributed by atoms with Gasteiger partial charge >= 0.3 is 0 Å². The normalized spacial score (nSPS) is 12.8. The van der Waals surface area contributed by atoms with Gasteiger partial charge in [-0.3, -0.25) is 0 Å². The Bertz CT molecular complexity index is 376. The number of phenolic OH excluding ortho intramolecular Hbond substituents is 1. The summed E-state index contributed by atoms with van der Waals surface area (Å²) in [7, 11) is 0.662. The fourth-order valence-corrected chi connectivity index (χ4v) is 2.10. The topological polar surface area (TPSA) is 29.5 Å². The number of phenols is 1. The van der Waals surface area contributed by atoms with Crippen LogP contribution in [-0.2, 0) is 10.8 Å². The van der Waals surface area contributed by atoms with Crippen LogP contribution in [0.5, 0.6) is 11.5 Å². The molecular weight excluding hydrogens is 228 g/mol. The molecule has 0 radical (unpaired) electrons. The van der Waals surface area contributed by atoms with Crippen molar-refractivity contribution in [2.45, 2.75) is 52.4 Å². The van der Waals surface area contributed by atoms with Gasteiger partial charge < -0.3 is 9.53 Å². The molecule has 0 aliphatic heterocycles. The summed E-state index contributed by atoms with van der Waals surface area (Å²) in [6.45, 7) is 12.6. The van der Waals surface area contributed by atoms with Crippen LogP contribution in [0.4, 0.5) is 0 Å². The molecule has 2 nitrogen and oxygen atoms in total. The Morgan fingerprint density at radius 1 is 0.941 bits per heavy atom. The standard InChI is InChI=1S/C14H24O2Si/c1-13(2,3)10-7-9(16-17)8-11(12(10)15)14(4,5)6/h7-8,15H,1-6,17H3. The van der Waals surface area contributed by atoms with E-state index < -0.39 is 0 Å². The van der Waals surface area contributed by atoms with Crippen molar-refractivity contribution in [3.8, 4) is 11.5 Å². The molecule has 17 heavy (non-hydrogen) atoms. The summed E-state index contributed by atoms with van der Waals surface area (Å²) < 4.78 is 5.47. The van der Waals surface area contributed by atoms with Crippen molar-refractivity contribution in [3.63, 3.8) is 0 Å². The molecule has 0 aromatic heterocycles. The lowest BCUT2D eigenvalue weighted by molar-refractivity contribution is 0.420. The average Bonchev–Trinajstić information content (AvgIpc) is 2.14. The first kappa shape index (κ1) is 14.1. The zero-order valence-electron chi connectivity index (χ0n) is 12.0. The van der Waals surface area contributed by atoms with E-state index in [1.807, 2.05) is 12.1 Å². The molecule has 1 rings (SSSR count). The van der Waals surface area contributed by atoms with E-state index in [1.165, 1.54) is 0 Å². The summed E-state index contributed by atoms with van der Waals surface area (Å²) in [6, 6.07) is 3.91. The molecule has 0 heterocycles. The largest absolute Gasteiger partial charge is 0.553 e. The van der Waals surface area contributed by atoms with Gasteiger partial charge in [0.05, 0.1) is 0 Å². The fourth-order valence-electron chi connectivity index (χ4n) is 1.87. The third-order valence-corrected chi connectivity index (χ3v) is 3.41. The van der Waals surface area contributed by atoms with Gasteiger partial charge in [-0.2, -0.15) is 0 Å². The predicted molar refractivity (Wildman–Crippen MR) is 76.1 cm³/mol. The van der Waals surface area contributed by atoms with Crippen molar-refractivity contribution >= 4 is 10.5 Å². The van der Waals surface area contributed by atoms with Crippen molar-refractivity contribution < 1.29 is 9.53 Å². The molecule has 0 aliphatic rings. The SMILES string of the molecule is CC(C)(C)c1cc(O[SiH3])cc(C(C)(C)C)c1O. The molecule has 0 saturated heterocycles. The zero-order valence-corrected chi connectivity index (χ0v) is 14.0. The van der Waals surface area contributed by atoms with Crippen LogP contribution in [0, 0.1) is 0 Å². The highest BCUT2D eigenvalue weighted by Crippen LogP contribution is 2.41. The molecule has 1 aromatic rings. The monoisotopic (exact) mass is 252 g/mol. The number of hydrogen-bond donors (Lipinski definition) is 1. The minimum atomic E-state index is -0.0832. The van der Waals surface area contributed by atoms with Crippen LogP contribution in [0.1, 0.15) is 52.7 Å². The number of benzene rings is 1. The molecule has 96 valence electrons. The van der Waals surface area contributed by atoms with Crippen LogP contribution in [-0.4, -0.2) is 15.6 Å². The molecule has 1 N–H and O–H groups in total. The van der Waals surface area contributed by atoms with Crippen molar-refractivity contribution in [1.82, 2.24) is 0 Å². The predicted octanol–water partition coefficient (Wildman–Crippen LogP) is 2.65. The second-order valence-electron chi connectivity index (χ2n) is 6.57. The van der Waals surface area contributed by atoms with Crippen LogP contribution in [0.15, 0.2) is 12.1 Å². The lowest BCUT2D eigenvalue weighted by Crippen LogP contribution is -2.17. The molecule has 0 atom stereocenters. The Kier molecular flexibility index (Phi) is 3.62. The van der Waals surface area contributed by atoms with Crippen molar-refractivity contribution in [1.29, 1.82) is 0 Å². The van der Waals surface area contributed by atoms with E-state index in [1.54, 1.807) is 0 Å². The maximum absolute atomic E-state index is 10.4. The first-order chi connectivity index (χ1) is 7.57. The van der Waals surface area contributed by atoms with E-state index in [0.29, 0.717) is 16.2 Å². The highest BCUT2D eigenvalue weighted by atomic mass is 28.2. The van der Waals surface area contributed by atoms with Gasteiger partial charge in [0.2, 0.25) is 10.5 Å². The zero-order chi connectivity index (χ0) is 13.4. The minimum Gasteiger partial charge on any atom is -0.553 e. The highest BCUT2D eigenvalue weighted by molar-refractivity contribution is 6.00. The molecule has 0 saturated carbocycles. The molecule has 3 heteroatoms. The van der Waals surface area contributed by atoms with E-state index >= 15 is 0 Å².